The Bertz CT molecular complexity index is 587. The number of hydrogen-bond donors (Lipinski definition) is 3. The molecule has 4 amide bonds. The molecule has 0 spiro atoms. The van der Waals surface area contributed by atoms with E-state index in [9.17, 15) is 19.5 Å². The Morgan fingerprint density at radius 2 is 2.25 bits per heavy atom. The van der Waals surface area contributed by atoms with E-state index in [4.69, 9.17) is 4.42 Å². The van der Waals surface area contributed by atoms with Crippen LogP contribution in [0.15, 0.2) is 22.8 Å². The van der Waals surface area contributed by atoms with E-state index < -0.39 is 18.0 Å². The van der Waals surface area contributed by atoms with Gasteiger partial charge in [-0.15, -0.1) is 0 Å². The Hall–Kier alpha value is -2.35. The van der Waals surface area contributed by atoms with Crippen LogP contribution in [0.5, 0.6) is 0 Å². The first-order valence-electron chi connectivity index (χ1n) is 8.00. The maximum Gasteiger partial charge on any atom is 0.325 e. The molecule has 3 N–H and O–H groups in total. The number of urea groups is 1. The highest BCUT2D eigenvalue weighted by molar-refractivity contribution is 6.05. The number of aliphatic hydroxyl groups is 1. The van der Waals surface area contributed by atoms with E-state index in [2.05, 4.69) is 10.6 Å². The summed E-state index contributed by atoms with van der Waals surface area (Å²) in [6, 6.07) is 1.52. The van der Waals surface area contributed by atoms with E-state index in [0.717, 1.165) is 11.3 Å². The lowest BCUT2D eigenvalue weighted by atomic mass is 9.99. The number of aliphatic hydroxyl groups excluding tert-OH is 1. The zero-order valence-corrected chi connectivity index (χ0v) is 13.8. The number of carbonyl (C=O) groups excluding carboxylic acids is 3. The molecule has 0 radical (unpaired) electrons. The van der Waals surface area contributed by atoms with Crippen LogP contribution in [0.25, 0.3) is 0 Å². The highest BCUT2D eigenvalue weighted by atomic mass is 16.3. The van der Waals surface area contributed by atoms with Crippen LogP contribution in [-0.4, -0.2) is 46.5 Å². The van der Waals surface area contributed by atoms with Crippen molar-refractivity contribution >= 4 is 17.8 Å². The summed E-state index contributed by atoms with van der Waals surface area (Å²) in [4.78, 5) is 37.3. The van der Waals surface area contributed by atoms with Crippen molar-refractivity contribution in [2.45, 2.75) is 45.3 Å². The third-order valence-corrected chi connectivity index (χ3v) is 4.26. The summed E-state index contributed by atoms with van der Waals surface area (Å²) >= 11 is 0. The average Bonchev–Trinajstić information content (AvgIpc) is 3.16. The van der Waals surface area contributed by atoms with Gasteiger partial charge in [-0.05, 0) is 18.1 Å². The Labute approximate surface area is 140 Å². The normalized spacial score (nSPS) is 20.0. The second kappa shape index (κ2) is 7.96. The molecule has 0 bridgehead atoms. The van der Waals surface area contributed by atoms with Crippen LogP contribution in [-0.2, 0) is 16.1 Å². The first-order valence-corrected chi connectivity index (χ1v) is 8.00. The summed E-state index contributed by atoms with van der Waals surface area (Å²) < 4.78 is 5.13. The molecule has 2 rings (SSSR count). The average molecular weight is 337 g/mol. The van der Waals surface area contributed by atoms with Crippen molar-refractivity contribution < 1.29 is 23.9 Å². The van der Waals surface area contributed by atoms with E-state index in [-0.39, 0.29) is 37.4 Å². The predicted molar refractivity (Wildman–Crippen MR) is 84.7 cm³/mol. The molecule has 8 nitrogen and oxygen atoms in total. The molecular formula is C16H23N3O5. The third-order valence-electron chi connectivity index (χ3n) is 4.26. The first-order chi connectivity index (χ1) is 11.5. The molecule has 0 saturated carbocycles. The standard InChI is InChI=1S/C16H23N3O5/c1-3-10(2)13(9-20)17-14(21)7-12-15(22)19(16(23)18-12)8-11-5-4-6-24-11/h4-6,10,12-13,20H,3,7-9H2,1-2H3,(H,17,21)(H,18,23)/t10-,12+,13+/m0/s1. The van der Waals surface area contributed by atoms with Crippen molar-refractivity contribution in [2.24, 2.45) is 5.92 Å². The fourth-order valence-electron chi connectivity index (χ4n) is 2.53. The minimum Gasteiger partial charge on any atom is -0.467 e. The largest absolute Gasteiger partial charge is 0.467 e. The number of amides is 4. The molecule has 1 aliphatic heterocycles. The quantitative estimate of drug-likeness (QED) is 0.602. The van der Waals surface area contributed by atoms with Gasteiger partial charge in [0.1, 0.15) is 11.8 Å². The Morgan fingerprint density at radius 1 is 1.50 bits per heavy atom. The summed E-state index contributed by atoms with van der Waals surface area (Å²) in [5, 5.41) is 14.6. The van der Waals surface area contributed by atoms with Crippen LogP contribution >= 0.6 is 0 Å². The van der Waals surface area contributed by atoms with Crippen molar-refractivity contribution in [3.63, 3.8) is 0 Å². The molecule has 1 aromatic rings. The fourth-order valence-corrected chi connectivity index (χ4v) is 2.53. The fraction of sp³-hybridized carbons (Fsp3) is 0.562. The Morgan fingerprint density at radius 3 is 2.83 bits per heavy atom. The number of rotatable bonds is 8. The van der Waals surface area contributed by atoms with E-state index in [0.29, 0.717) is 5.76 Å². The van der Waals surface area contributed by atoms with Gasteiger partial charge < -0.3 is 20.2 Å². The lowest BCUT2D eigenvalue weighted by molar-refractivity contribution is -0.131. The maximum atomic E-state index is 12.3. The molecule has 1 saturated heterocycles. The van der Waals surface area contributed by atoms with Crippen LogP contribution in [0.1, 0.15) is 32.4 Å². The maximum absolute atomic E-state index is 12.3. The van der Waals surface area contributed by atoms with Gasteiger partial charge in [-0.3, -0.25) is 14.5 Å². The zero-order valence-electron chi connectivity index (χ0n) is 13.8. The Kier molecular flexibility index (Phi) is 5.97. The lowest BCUT2D eigenvalue weighted by Gasteiger charge is -2.22. The molecule has 1 fully saturated rings. The molecule has 24 heavy (non-hydrogen) atoms. The topological polar surface area (TPSA) is 112 Å². The zero-order chi connectivity index (χ0) is 17.7. The second-order valence-electron chi connectivity index (χ2n) is 5.95. The van der Waals surface area contributed by atoms with Gasteiger partial charge in [-0.2, -0.15) is 0 Å². The van der Waals surface area contributed by atoms with Gasteiger partial charge in [-0.1, -0.05) is 20.3 Å². The van der Waals surface area contributed by atoms with Gasteiger partial charge >= 0.3 is 6.03 Å². The van der Waals surface area contributed by atoms with Crippen LogP contribution in [0.3, 0.4) is 0 Å². The summed E-state index contributed by atoms with van der Waals surface area (Å²) in [6.07, 6.45) is 2.11. The number of furan rings is 1. The predicted octanol–water partition coefficient (Wildman–Crippen LogP) is 0.613. The highest BCUT2D eigenvalue weighted by Crippen LogP contribution is 2.15. The molecule has 132 valence electrons. The summed E-state index contributed by atoms with van der Waals surface area (Å²) in [5.41, 5.74) is 0. The number of nitrogens with one attached hydrogen (secondary N) is 2. The van der Waals surface area contributed by atoms with Crippen molar-refractivity contribution in [3.05, 3.63) is 24.2 Å². The monoisotopic (exact) mass is 337 g/mol. The summed E-state index contributed by atoms with van der Waals surface area (Å²) in [5.74, 6) is -0.243. The molecular weight excluding hydrogens is 314 g/mol. The van der Waals surface area contributed by atoms with Crippen LogP contribution in [0.2, 0.25) is 0 Å². The summed E-state index contributed by atoms with van der Waals surface area (Å²) in [6.45, 7) is 3.75. The highest BCUT2D eigenvalue weighted by Gasteiger charge is 2.39. The first kappa shape index (κ1) is 18.0. The van der Waals surface area contributed by atoms with E-state index >= 15 is 0 Å². The van der Waals surface area contributed by atoms with Gasteiger partial charge in [0.25, 0.3) is 5.91 Å². The van der Waals surface area contributed by atoms with Crippen LogP contribution < -0.4 is 10.6 Å². The molecule has 2 heterocycles. The number of carbonyl (C=O) groups is 3. The molecule has 1 aromatic heterocycles. The van der Waals surface area contributed by atoms with E-state index in [1.165, 1.54) is 6.26 Å². The lowest BCUT2D eigenvalue weighted by Crippen LogP contribution is -2.44. The van der Waals surface area contributed by atoms with E-state index in [1.54, 1.807) is 12.1 Å². The minimum absolute atomic E-state index is 0.0297. The second-order valence-corrected chi connectivity index (χ2v) is 5.95. The van der Waals surface area contributed by atoms with Crippen molar-refractivity contribution in [3.8, 4) is 0 Å². The molecule has 0 aromatic carbocycles. The number of hydrogen-bond acceptors (Lipinski definition) is 5. The van der Waals surface area contributed by atoms with Crippen molar-refractivity contribution in [1.29, 1.82) is 0 Å². The van der Waals surface area contributed by atoms with Crippen molar-refractivity contribution in [2.75, 3.05) is 6.61 Å². The van der Waals surface area contributed by atoms with Gasteiger partial charge in [0.15, 0.2) is 0 Å². The smallest absolute Gasteiger partial charge is 0.325 e. The summed E-state index contributed by atoms with van der Waals surface area (Å²) in [7, 11) is 0. The third kappa shape index (κ3) is 4.14. The van der Waals surface area contributed by atoms with E-state index in [1.807, 2.05) is 13.8 Å². The molecule has 8 heteroatoms. The molecule has 0 unspecified atom stereocenters. The van der Waals surface area contributed by atoms with Gasteiger partial charge in [-0.25, -0.2) is 4.79 Å². The number of imide groups is 1. The molecule has 3 atom stereocenters. The van der Waals surface area contributed by atoms with Crippen LogP contribution in [0, 0.1) is 5.92 Å². The van der Waals surface area contributed by atoms with Crippen molar-refractivity contribution in [1.82, 2.24) is 15.5 Å². The van der Waals surface area contributed by atoms with Gasteiger partial charge in [0.2, 0.25) is 5.91 Å². The number of nitrogens with zero attached hydrogens (tertiary/aromatic N) is 1. The molecule has 0 aliphatic carbocycles. The van der Waals surface area contributed by atoms with Crippen LogP contribution in [0.4, 0.5) is 4.79 Å². The molecule has 1 aliphatic rings. The van der Waals surface area contributed by atoms with Gasteiger partial charge in [0, 0.05) is 0 Å². The Balaban J connectivity index is 1.92. The minimum atomic E-state index is -0.899. The van der Waals surface area contributed by atoms with Gasteiger partial charge in [0.05, 0.1) is 31.9 Å². The SMILES string of the molecule is CC[C@H](C)[C@@H](CO)NC(=O)C[C@H]1NC(=O)N(Cc2ccco2)C1=O.